The Bertz CT molecular complexity index is 911. The number of thioether (sulfide) groups is 1. The number of carboxylic acids is 1. The van der Waals surface area contributed by atoms with Crippen molar-refractivity contribution >= 4 is 35.3 Å². The van der Waals surface area contributed by atoms with Crippen molar-refractivity contribution in [1.29, 1.82) is 0 Å². The minimum atomic E-state index is -1.11. The number of nitro groups is 1. The number of hydrogen-bond donors (Lipinski definition) is 2. The van der Waals surface area contributed by atoms with Gasteiger partial charge in [0.1, 0.15) is 30.7 Å². The van der Waals surface area contributed by atoms with Crippen molar-refractivity contribution < 1.29 is 29.2 Å². The molecule has 3 rings (SSSR count). The molecule has 29 heavy (non-hydrogen) atoms. The molecule has 156 valence electrons. The molecule has 2 atom stereocenters. The van der Waals surface area contributed by atoms with Gasteiger partial charge in [-0.05, 0) is 6.92 Å². The molecule has 1 aromatic rings. The molecule has 13 heteroatoms. The molecule has 2 unspecified atom stereocenters. The van der Waals surface area contributed by atoms with Gasteiger partial charge in [-0.2, -0.15) is 5.10 Å². The van der Waals surface area contributed by atoms with Crippen molar-refractivity contribution in [3.63, 3.8) is 0 Å². The van der Waals surface area contributed by atoms with E-state index in [9.17, 15) is 29.6 Å². The van der Waals surface area contributed by atoms with Gasteiger partial charge in [0, 0.05) is 24.8 Å². The first-order valence-electron chi connectivity index (χ1n) is 8.62. The lowest BCUT2D eigenvalue weighted by molar-refractivity contribution is -0.385. The maximum absolute atomic E-state index is 12.3. The highest BCUT2D eigenvalue weighted by Gasteiger charge is 2.46. The van der Waals surface area contributed by atoms with Gasteiger partial charge in [0.15, 0.2) is 0 Å². The van der Waals surface area contributed by atoms with E-state index in [1.54, 1.807) is 4.90 Å². The molecule has 1 aromatic heterocycles. The van der Waals surface area contributed by atoms with Gasteiger partial charge in [-0.3, -0.25) is 24.4 Å². The van der Waals surface area contributed by atoms with Gasteiger partial charge >= 0.3 is 17.6 Å². The minimum absolute atomic E-state index is 0.0817. The van der Waals surface area contributed by atoms with Gasteiger partial charge in [0.2, 0.25) is 5.91 Å². The number of carbonyl (C=O) groups excluding carboxylic acids is 2. The molecule has 0 aromatic carbocycles. The van der Waals surface area contributed by atoms with Crippen LogP contribution in [-0.2, 0) is 25.7 Å². The van der Waals surface area contributed by atoms with Gasteiger partial charge in [0.05, 0.1) is 16.3 Å². The average molecular weight is 425 g/mol. The molecule has 0 spiro atoms. The second kappa shape index (κ2) is 8.11. The maximum Gasteiger partial charge on any atom is 0.352 e. The molecule has 3 heterocycles. The fraction of sp³-hybridized carbons (Fsp3) is 0.500. The molecule has 1 fully saturated rings. The molecule has 0 aliphatic carbocycles. The predicted octanol–water partition coefficient (Wildman–Crippen LogP) is -0.125. The number of fused-ring (bicyclic) bond motifs is 1. The largest absolute Gasteiger partial charge is 0.477 e. The lowest BCUT2D eigenvalue weighted by atomic mass is 10.0. The number of nitrogens with zero attached hydrogens (tertiary/aromatic N) is 4. The highest BCUT2D eigenvalue weighted by molar-refractivity contribution is 8.00. The number of aryl methyl sites for hydroxylation is 1. The third-order valence-electron chi connectivity index (χ3n) is 4.52. The highest BCUT2D eigenvalue weighted by Crippen LogP contribution is 2.39. The number of rotatable bonds is 7. The summed E-state index contributed by atoms with van der Waals surface area (Å²) in [5.74, 6) is -1.61. The number of hydrogen-bond acceptors (Lipinski definition) is 9. The second-order valence-electron chi connectivity index (χ2n) is 6.62. The molecule has 0 radical (unpaired) electrons. The lowest BCUT2D eigenvalue weighted by Gasteiger charge is -2.51. The van der Waals surface area contributed by atoms with Crippen molar-refractivity contribution in [3.8, 4) is 0 Å². The number of amides is 1. The van der Waals surface area contributed by atoms with E-state index in [1.165, 1.54) is 36.5 Å². The number of carbonyl (C=O) groups is 3. The molecule has 12 nitrogen and oxygen atoms in total. The highest BCUT2D eigenvalue weighted by atomic mass is 32.2. The monoisotopic (exact) mass is 425 g/mol. The molecular formula is C16H19N5O7S. The standard InChI is InChI=1S/C16H19N5O7S/c1-8-12(21(26)27)4-19(18-8)5-13(23)17-11-3-20-14(16(24)25)10(6-28-9(2)22)7-29-15(11)20/h4,11,15H,3,5-7H2,1-2H3,(H,17,23)(H,24,25). The normalized spacial score (nSPS) is 20.6. The minimum Gasteiger partial charge on any atom is -0.477 e. The van der Waals surface area contributed by atoms with Crippen LogP contribution in [0.4, 0.5) is 5.69 Å². The first-order valence-corrected chi connectivity index (χ1v) is 9.67. The number of aromatic nitrogens is 2. The summed E-state index contributed by atoms with van der Waals surface area (Å²) in [6, 6.07) is -0.274. The lowest BCUT2D eigenvalue weighted by Crippen LogP contribution is -2.67. The van der Waals surface area contributed by atoms with Crippen molar-refractivity contribution in [2.24, 2.45) is 0 Å². The van der Waals surface area contributed by atoms with E-state index in [1.807, 2.05) is 0 Å². The Hall–Kier alpha value is -3.09. The van der Waals surface area contributed by atoms with Crippen LogP contribution in [0.3, 0.4) is 0 Å². The zero-order valence-electron chi connectivity index (χ0n) is 15.7. The van der Waals surface area contributed by atoms with Crippen molar-refractivity contribution in [2.45, 2.75) is 31.8 Å². The summed E-state index contributed by atoms with van der Waals surface area (Å²) in [5, 5.41) is 26.9. The van der Waals surface area contributed by atoms with E-state index in [4.69, 9.17) is 4.74 Å². The molecule has 2 N–H and O–H groups in total. The summed E-state index contributed by atoms with van der Waals surface area (Å²) in [4.78, 5) is 46.9. The van der Waals surface area contributed by atoms with E-state index >= 15 is 0 Å². The van der Waals surface area contributed by atoms with E-state index in [2.05, 4.69) is 10.4 Å². The van der Waals surface area contributed by atoms with Crippen LogP contribution < -0.4 is 5.32 Å². The van der Waals surface area contributed by atoms with Crippen LogP contribution in [-0.4, -0.2) is 72.9 Å². The van der Waals surface area contributed by atoms with Gasteiger partial charge in [-0.1, -0.05) is 0 Å². The predicted molar refractivity (Wildman–Crippen MR) is 99.8 cm³/mol. The van der Waals surface area contributed by atoms with Gasteiger partial charge in [-0.25, -0.2) is 4.79 Å². The first kappa shape index (κ1) is 20.6. The van der Waals surface area contributed by atoms with Gasteiger partial charge < -0.3 is 20.1 Å². The number of ether oxygens (including phenoxy) is 1. The smallest absolute Gasteiger partial charge is 0.352 e. The van der Waals surface area contributed by atoms with E-state index in [0.29, 0.717) is 17.9 Å². The molecule has 2 aliphatic rings. The average Bonchev–Trinajstić information content (AvgIpc) is 2.97. The summed E-state index contributed by atoms with van der Waals surface area (Å²) in [5.41, 5.74) is 0.667. The Morgan fingerprint density at radius 2 is 2.21 bits per heavy atom. The van der Waals surface area contributed by atoms with E-state index in [0.717, 1.165) is 0 Å². The Balaban J connectivity index is 1.61. The van der Waals surface area contributed by atoms with Crippen molar-refractivity contribution in [2.75, 3.05) is 18.9 Å². The van der Waals surface area contributed by atoms with E-state index < -0.39 is 16.9 Å². The topological polar surface area (TPSA) is 157 Å². The molecule has 2 aliphatic heterocycles. The van der Waals surface area contributed by atoms with Crippen LogP contribution in [0.2, 0.25) is 0 Å². The number of aliphatic carboxylic acids is 1. The fourth-order valence-electron chi connectivity index (χ4n) is 3.22. The zero-order chi connectivity index (χ0) is 21.3. The third-order valence-corrected chi connectivity index (χ3v) is 5.96. The van der Waals surface area contributed by atoms with Gasteiger partial charge in [-0.15, -0.1) is 11.8 Å². The van der Waals surface area contributed by atoms with Crippen LogP contribution >= 0.6 is 11.8 Å². The molecular weight excluding hydrogens is 406 g/mol. The van der Waals surface area contributed by atoms with Crippen molar-refractivity contribution in [1.82, 2.24) is 20.0 Å². The van der Waals surface area contributed by atoms with E-state index in [-0.39, 0.29) is 47.6 Å². The number of esters is 1. The summed E-state index contributed by atoms with van der Waals surface area (Å²) in [7, 11) is 0. The van der Waals surface area contributed by atoms with Crippen LogP contribution in [0.15, 0.2) is 17.5 Å². The molecule has 1 amide bonds. The Labute approximate surface area is 169 Å². The number of carboxylic acid groups (broad SMARTS) is 1. The summed E-state index contributed by atoms with van der Waals surface area (Å²) < 4.78 is 6.13. The fourth-order valence-corrected chi connectivity index (χ4v) is 4.57. The van der Waals surface area contributed by atoms with Crippen LogP contribution in [0, 0.1) is 17.0 Å². The zero-order valence-corrected chi connectivity index (χ0v) is 16.5. The third kappa shape index (κ3) is 4.34. The Kier molecular flexibility index (Phi) is 5.77. The summed E-state index contributed by atoms with van der Waals surface area (Å²) >= 11 is 1.45. The van der Waals surface area contributed by atoms with Crippen LogP contribution in [0.25, 0.3) is 0 Å². The summed E-state index contributed by atoms with van der Waals surface area (Å²) in [6.07, 6.45) is 1.20. The van der Waals surface area contributed by atoms with Crippen molar-refractivity contribution in [3.05, 3.63) is 33.3 Å². The second-order valence-corrected chi connectivity index (χ2v) is 7.72. The SMILES string of the molecule is CC(=O)OCC1=C(C(=O)O)N2CC(NC(=O)Cn3cc([N+](=O)[O-])c(C)n3)C2SC1. The molecule has 0 saturated carbocycles. The Morgan fingerprint density at radius 1 is 1.48 bits per heavy atom. The molecule has 0 bridgehead atoms. The quantitative estimate of drug-likeness (QED) is 0.343. The first-order chi connectivity index (χ1) is 13.7. The summed E-state index contributed by atoms with van der Waals surface area (Å²) in [6.45, 7) is 2.78. The van der Waals surface area contributed by atoms with Crippen LogP contribution in [0.5, 0.6) is 0 Å². The number of nitrogens with one attached hydrogen (secondary N) is 1. The Morgan fingerprint density at radius 3 is 2.79 bits per heavy atom. The molecule has 1 saturated heterocycles. The maximum atomic E-state index is 12.3. The van der Waals surface area contributed by atoms with Crippen LogP contribution in [0.1, 0.15) is 12.6 Å². The van der Waals surface area contributed by atoms with Gasteiger partial charge in [0.25, 0.3) is 0 Å².